The van der Waals surface area contributed by atoms with Gasteiger partial charge in [0, 0.05) is 20.2 Å². The number of nitrogens with one attached hydrogen (secondary N) is 2. The third-order valence-electron chi connectivity index (χ3n) is 7.58. The average Bonchev–Trinajstić information content (AvgIpc) is 3.68. The first-order valence-electron chi connectivity index (χ1n) is 12.8. The Balaban J connectivity index is 1.64. The van der Waals surface area contributed by atoms with E-state index in [1.807, 2.05) is 32.8 Å². The molecule has 1 saturated carbocycles. The smallest absolute Gasteiger partial charge is 0.408 e. The van der Waals surface area contributed by atoms with Gasteiger partial charge in [0.25, 0.3) is 0 Å². The van der Waals surface area contributed by atoms with Crippen molar-refractivity contribution in [2.24, 2.45) is 11.8 Å². The Bertz CT molecular complexity index is 792. The summed E-state index contributed by atoms with van der Waals surface area (Å²) < 4.78 is 24.0. The van der Waals surface area contributed by atoms with Crippen LogP contribution in [-0.2, 0) is 23.7 Å². The average molecular weight is 496 g/mol. The van der Waals surface area contributed by atoms with Crippen LogP contribution in [-0.4, -0.2) is 93.4 Å². The maximum Gasteiger partial charge on any atom is 0.408 e. The predicted octanol–water partition coefficient (Wildman–Crippen LogP) is 2.49. The Morgan fingerprint density at radius 2 is 1.94 bits per heavy atom. The fourth-order valence-electron chi connectivity index (χ4n) is 5.42. The lowest BCUT2D eigenvalue weighted by molar-refractivity contribution is -0.125. The molecule has 3 aliphatic rings. The van der Waals surface area contributed by atoms with Crippen LogP contribution in [0, 0.1) is 11.8 Å². The summed E-state index contributed by atoms with van der Waals surface area (Å²) in [7, 11) is 5.54. The maximum absolute atomic E-state index is 12.9. The van der Waals surface area contributed by atoms with Crippen molar-refractivity contribution in [1.82, 2.24) is 15.5 Å². The molecule has 1 spiro atoms. The van der Waals surface area contributed by atoms with Crippen molar-refractivity contribution in [1.29, 1.82) is 0 Å². The number of nitrogens with zero attached hydrogens (tertiary/aromatic N) is 1. The summed E-state index contributed by atoms with van der Waals surface area (Å²) in [4.78, 5) is 27.6. The lowest BCUT2D eigenvalue weighted by Gasteiger charge is -2.42. The number of methoxy groups -OCH3 is 1. The van der Waals surface area contributed by atoms with Crippen LogP contribution in [0.1, 0.15) is 53.9 Å². The molecule has 200 valence electrons. The topological polar surface area (TPSA) is 105 Å². The Hall–Kier alpha value is -1.68. The van der Waals surface area contributed by atoms with Gasteiger partial charge in [-0.25, -0.2) is 4.79 Å². The van der Waals surface area contributed by atoms with Crippen molar-refractivity contribution in [3.63, 3.8) is 0 Å². The van der Waals surface area contributed by atoms with Crippen LogP contribution in [0.25, 0.3) is 0 Å². The maximum atomic E-state index is 12.9. The number of epoxide rings is 2. The van der Waals surface area contributed by atoms with Gasteiger partial charge in [0.1, 0.15) is 29.5 Å². The zero-order chi connectivity index (χ0) is 26.0. The van der Waals surface area contributed by atoms with E-state index in [2.05, 4.69) is 37.5 Å². The van der Waals surface area contributed by atoms with E-state index in [1.54, 1.807) is 7.11 Å². The molecule has 2 N–H and O–H groups in total. The van der Waals surface area contributed by atoms with E-state index in [0.29, 0.717) is 19.6 Å². The third-order valence-corrected chi connectivity index (χ3v) is 7.58. The Kier molecular flexibility index (Phi) is 8.89. The van der Waals surface area contributed by atoms with Gasteiger partial charge in [-0.15, -0.1) is 0 Å². The van der Waals surface area contributed by atoms with Crippen molar-refractivity contribution in [3.8, 4) is 0 Å². The SMILES string of the molecule is CO[C@@H]1[C@H](OC(=O)N[C@@H](C(=O)NCCN(C)C)C(C)C)CC[C@]2(CO2)[C@H]1[C@@]1(C)OC1CC=C(C)C. The van der Waals surface area contributed by atoms with Crippen molar-refractivity contribution in [2.45, 2.75) is 89.4 Å². The molecule has 3 fully saturated rings. The second-order valence-electron chi connectivity index (χ2n) is 11.3. The number of rotatable bonds is 11. The highest BCUT2D eigenvalue weighted by molar-refractivity contribution is 5.85. The van der Waals surface area contributed by atoms with E-state index in [-0.39, 0.29) is 35.6 Å². The van der Waals surface area contributed by atoms with E-state index in [9.17, 15) is 9.59 Å². The standard InChI is InChI=1S/C26H45N3O6/c1-16(2)9-10-19-25(5,35-19)22-21(32-8)18(11-12-26(22)15-33-26)34-24(31)28-20(17(3)4)23(30)27-13-14-29(6)7/h9,17-22H,10-15H2,1-8H3,(H,27,30)(H,28,31)/t18-,19?,20-,21-,22-,25+,26+/m1/s1. The third kappa shape index (κ3) is 6.56. The number of ether oxygens (including phenoxy) is 4. The molecule has 9 heteroatoms. The molecule has 3 rings (SSSR count). The normalized spacial score (nSPS) is 34.5. The number of carbonyl (C=O) groups excluding carboxylic acids is 2. The fraction of sp³-hybridized carbons (Fsp3) is 0.846. The summed E-state index contributed by atoms with van der Waals surface area (Å²) in [5, 5.41) is 5.67. The highest BCUT2D eigenvalue weighted by Crippen LogP contribution is 2.59. The zero-order valence-corrected chi connectivity index (χ0v) is 22.7. The van der Waals surface area contributed by atoms with Gasteiger partial charge in [-0.2, -0.15) is 0 Å². The predicted molar refractivity (Wildman–Crippen MR) is 133 cm³/mol. The summed E-state index contributed by atoms with van der Waals surface area (Å²) >= 11 is 0. The molecule has 1 unspecified atom stereocenters. The molecule has 0 radical (unpaired) electrons. The van der Waals surface area contributed by atoms with Gasteiger partial charge in [0.15, 0.2) is 0 Å². The highest BCUT2D eigenvalue weighted by Gasteiger charge is 2.72. The molecule has 0 aromatic heterocycles. The largest absolute Gasteiger partial charge is 0.443 e. The highest BCUT2D eigenvalue weighted by atomic mass is 16.6. The van der Waals surface area contributed by atoms with Crippen LogP contribution in [0.3, 0.4) is 0 Å². The number of likely N-dealkylation sites (N-methyl/N-ethyl adjacent to an activating group) is 1. The lowest BCUT2D eigenvalue weighted by Crippen LogP contribution is -2.57. The van der Waals surface area contributed by atoms with E-state index in [0.717, 1.165) is 19.4 Å². The number of amides is 2. The first kappa shape index (κ1) is 27.9. The number of carbonyl (C=O) groups is 2. The quantitative estimate of drug-likeness (QED) is 0.335. The number of hydrogen-bond donors (Lipinski definition) is 2. The molecular formula is C26H45N3O6. The first-order chi connectivity index (χ1) is 16.4. The fourth-order valence-corrected chi connectivity index (χ4v) is 5.42. The van der Waals surface area contributed by atoms with Crippen LogP contribution in [0.2, 0.25) is 0 Å². The molecule has 2 heterocycles. The Labute approximate surface area is 210 Å². The van der Waals surface area contributed by atoms with E-state index in [4.69, 9.17) is 18.9 Å². The number of alkyl carbamates (subject to hydrolysis) is 1. The van der Waals surface area contributed by atoms with Crippen LogP contribution in [0.5, 0.6) is 0 Å². The zero-order valence-electron chi connectivity index (χ0n) is 22.7. The second kappa shape index (κ2) is 11.2. The number of allylic oxidation sites excluding steroid dienone is 1. The number of hydrogen-bond acceptors (Lipinski definition) is 7. The first-order valence-corrected chi connectivity index (χ1v) is 12.8. The molecule has 9 nitrogen and oxygen atoms in total. The van der Waals surface area contributed by atoms with Crippen molar-refractivity contribution >= 4 is 12.0 Å². The molecule has 1 aliphatic carbocycles. The monoisotopic (exact) mass is 495 g/mol. The Morgan fingerprint density at radius 1 is 1.26 bits per heavy atom. The van der Waals surface area contributed by atoms with Gasteiger partial charge in [0.2, 0.25) is 5.91 Å². The molecule has 35 heavy (non-hydrogen) atoms. The van der Waals surface area contributed by atoms with Crippen molar-refractivity contribution < 1.29 is 28.5 Å². The second-order valence-corrected chi connectivity index (χ2v) is 11.3. The summed E-state index contributed by atoms with van der Waals surface area (Å²) in [6.45, 7) is 12.0. The summed E-state index contributed by atoms with van der Waals surface area (Å²) in [5.41, 5.74) is 0.586. The van der Waals surface area contributed by atoms with Crippen LogP contribution >= 0.6 is 0 Å². The van der Waals surface area contributed by atoms with Crippen molar-refractivity contribution in [2.75, 3.05) is 40.9 Å². The van der Waals surface area contributed by atoms with Gasteiger partial charge in [-0.05, 0) is 60.0 Å². The molecule has 7 atom stereocenters. The van der Waals surface area contributed by atoms with Gasteiger partial charge < -0.3 is 34.5 Å². The molecule has 2 saturated heterocycles. The van der Waals surface area contributed by atoms with E-state index < -0.39 is 23.8 Å². The molecule has 0 aromatic carbocycles. The molecule has 2 aliphatic heterocycles. The Morgan fingerprint density at radius 3 is 2.49 bits per heavy atom. The van der Waals surface area contributed by atoms with Gasteiger partial charge in [0.05, 0.1) is 18.6 Å². The van der Waals surface area contributed by atoms with Crippen LogP contribution < -0.4 is 10.6 Å². The van der Waals surface area contributed by atoms with Crippen LogP contribution in [0.4, 0.5) is 4.79 Å². The molecule has 0 bridgehead atoms. The van der Waals surface area contributed by atoms with Gasteiger partial charge in [-0.1, -0.05) is 25.5 Å². The van der Waals surface area contributed by atoms with E-state index >= 15 is 0 Å². The van der Waals surface area contributed by atoms with Gasteiger partial charge in [-0.3, -0.25) is 4.79 Å². The molecule has 0 aromatic rings. The van der Waals surface area contributed by atoms with Crippen LogP contribution in [0.15, 0.2) is 11.6 Å². The van der Waals surface area contributed by atoms with E-state index in [1.165, 1.54) is 5.57 Å². The minimum Gasteiger partial charge on any atom is -0.443 e. The summed E-state index contributed by atoms with van der Waals surface area (Å²) in [6.07, 6.45) is 3.13. The summed E-state index contributed by atoms with van der Waals surface area (Å²) in [5.74, 6) is -0.343. The molecule has 2 amide bonds. The summed E-state index contributed by atoms with van der Waals surface area (Å²) in [6, 6.07) is -0.680. The minimum absolute atomic E-state index is 0.0441. The lowest BCUT2D eigenvalue weighted by atomic mass is 9.68. The van der Waals surface area contributed by atoms with Crippen molar-refractivity contribution in [3.05, 3.63) is 11.6 Å². The molecular weight excluding hydrogens is 450 g/mol. The minimum atomic E-state index is -0.680. The van der Waals surface area contributed by atoms with Gasteiger partial charge >= 0.3 is 6.09 Å².